The second-order valence-electron chi connectivity index (χ2n) is 5.28. The van der Waals surface area contributed by atoms with Crippen LogP contribution in [0, 0.1) is 5.82 Å². The van der Waals surface area contributed by atoms with E-state index in [0.717, 1.165) is 23.6 Å². The summed E-state index contributed by atoms with van der Waals surface area (Å²) in [6.45, 7) is 1.86. The topological polar surface area (TPSA) is 41.1 Å². The fourth-order valence-electron chi connectivity index (χ4n) is 2.10. The van der Waals surface area contributed by atoms with E-state index in [-0.39, 0.29) is 11.7 Å². The molecule has 0 aromatic heterocycles. The molecule has 0 aliphatic heterocycles. The van der Waals surface area contributed by atoms with E-state index < -0.39 is 0 Å². The summed E-state index contributed by atoms with van der Waals surface area (Å²) in [6.07, 6.45) is 1.32. The number of carbonyl (C=O) groups excluding carboxylic acids is 1. The van der Waals surface area contributed by atoms with Gasteiger partial charge in [-0.3, -0.25) is 4.79 Å². The number of amides is 1. The summed E-state index contributed by atoms with van der Waals surface area (Å²) < 4.78 is 12.8. The molecule has 0 fully saturated rings. The van der Waals surface area contributed by atoms with E-state index in [2.05, 4.69) is 10.6 Å². The summed E-state index contributed by atoms with van der Waals surface area (Å²) >= 11 is 5.83. The van der Waals surface area contributed by atoms with Crippen LogP contribution in [0.25, 0.3) is 0 Å². The first-order chi connectivity index (χ1) is 11.1. The van der Waals surface area contributed by atoms with Crippen molar-refractivity contribution in [3.05, 3.63) is 70.5 Å². The van der Waals surface area contributed by atoms with Gasteiger partial charge in [-0.25, -0.2) is 4.39 Å². The minimum absolute atomic E-state index is 0.0201. The standard InChI is InChI=1S/C18H20ClFN2O/c19-16-5-1-14(2-6-16)9-11-21-12-10-18(23)22-13-15-3-7-17(20)8-4-15/h1-8,21H,9-13H2,(H,22,23). The van der Waals surface area contributed by atoms with Crippen molar-refractivity contribution in [2.24, 2.45) is 0 Å². The molecule has 1 amide bonds. The SMILES string of the molecule is O=C(CCNCCc1ccc(Cl)cc1)NCc1ccc(F)cc1. The molecule has 0 atom stereocenters. The van der Waals surface area contributed by atoms with Gasteiger partial charge in [-0.05, 0) is 48.4 Å². The van der Waals surface area contributed by atoms with E-state index >= 15 is 0 Å². The third-order valence-electron chi connectivity index (χ3n) is 3.44. The van der Waals surface area contributed by atoms with Gasteiger partial charge in [0, 0.05) is 24.5 Å². The second-order valence-corrected chi connectivity index (χ2v) is 5.72. The molecule has 0 saturated heterocycles. The lowest BCUT2D eigenvalue weighted by atomic mass is 10.1. The first-order valence-electron chi connectivity index (χ1n) is 7.60. The molecule has 0 bridgehead atoms. The van der Waals surface area contributed by atoms with Crippen LogP contribution < -0.4 is 10.6 Å². The predicted octanol–water partition coefficient (Wildman–Crippen LogP) is 3.32. The Hall–Kier alpha value is -1.91. The van der Waals surface area contributed by atoms with Crippen molar-refractivity contribution in [3.8, 4) is 0 Å². The first-order valence-corrected chi connectivity index (χ1v) is 7.97. The zero-order chi connectivity index (χ0) is 16.5. The molecule has 2 aromatic rings. The average Bonchev–Trinajstić information content (AvgIpc) is 2.56. The lowest BCUT2D eigenvalue weighted by Gasteiger charge is -2.07. The lowest BCUT2D eigenvalue weighted by molar-refractivity contribution is -0.121. The third kappa shape index (κ3) is 6.80. The maximum absolute atomic E-state index is 12.8. The van der Waals surface area contributed by atoms with Crippen LogP contribution >= 0.6 is 11.6 Å². The molecular weight excluding hydrogens is 315 g/mol. The van der Waals surface area contributed by atoms with Gasteiger partial charge >= 0.3 is 0 Å². The van der Waals surface area contributed by atoms with Crippen LogP contribution in [0.5, 0.6) is 0 Å². The van der Waals surface area contributed by atoms with Gasteiger partial charge in [0.1, 0.15) is 5.82 Å². The van der Waals surface area contributed by atoms with Crippen LogP contribution in [-0.4, -0.2) is 19.0 Å². The van der Waals surface area contributed by atoms with Gasteiger partial charge in [0.25, 0.3) is 0 Å². The Morgan fingerprint density at radius 2 is 1.61 bits per heavy atom. The zero-order valence-electron chi connectivity index (χ0n) is 12.8. The van der Waals surface area contributed by atoms with E-state index in [1.165, 1.54) is 17.7 Å². The van der Waals surface area contributed by atoms with Crippen LogP contribution in [0.2, 0.25) is 5.02 Å². The lowest BCUT2D eigenvalue weighted by Crippen LogP contribution is -2.28. The van der Waals surface area contributed by atoms with E-state index in [4.69, 9.17) is 11.6 Å². The fourth-order valence-corrected chi connectivity index (χ4v) is 2.23. The highest BCUT2D eigenvalue weighted by atomic mass is 35.5. The van der Waals surface area contributed by atoms with Crippen molar-refractivity contribution in [1.82, 2.24) is 10.6 Å². The van der Waals surface area contributed by atoms with E-state index in [9.17, 15) is 9.18 Å². The van der Waals surface area contributed by atoms with Crippen molar-refractivity contribution >= 4 is 17.5 Å². The van der Waals surface area contributed by atoms with Crippen molar-refractivity contribution in [2.75, 3.05) is 13.1 Å². The van der Waals surface area contributed by atoms with Crippen LogP contribution in [0.1, 0.15) is 17.5 Å². The molecule has 0 heterocycles. The van der Waals surface area contributed by atoms with Crippen LogP contribution in [-0.2, 0) is 17.8 Å². The number of halogens is 2. The Kier molecular flexibility index (Phi) is 7.04. The van der Waals surface area contributed by atoms with Crippen LogP contribution in [0.3, 0.4) is 0 Å². The summed E-state index contributed by atoms with van der Waals surface area (Å²) in [4.78, 5) is 11.7. The van der Waals surface area contributed by atoms with Crippen LogP contribution in [0.4, 0.5) is 4.39 Å². The zero-order valence-corrected chi connectivity index (χ0v) is 13.6. The van der Waals surface area contributed by atoms with Crippen molar-refractivity contribution < 1.29 is 9.18 Å². The molecule has 0 radical (unpaired) electrons. The summed E-state index contributed by atoms with van der Waals surface area (Å²) in [5.41, 5.74) is 2.10. The maximum Gasteiger partial charge on any atom is 0.221 e. The number of nitrogens with one attached hydrogen (secondary N) is 2. The Bertz CT molecular complexity index is 614. The second kappa shape index (κ2) is 9.28. The Labute approximate surface area is 140 Å². The molecule has 5 heteroatoms. The van der Waals surface area contributed by atoms with E-state index in [0.29, 0.717) is 19.5 Å². The summed E-state index contributed by atoms with van der Waals surface area (Å²) in [5.74, 6) is -0.293. The molecule has 0 aliphatic carbocycles. The van der Waals surface area contributed by atoms with Gasteiger partial charge in [-0.15, -0.1) is 0 Å². The first kappa shape index (κ1) is 17.4. The highest BCUT2D eigenvalue weighted by molar-refractivity contribution is 6.30. The highest BCUT2D eigenvalue weighted by Gasteiger charge is 2.01. The summed E-state index contributed by atoms with van der Waals surface area (Å²) in [5, 5.41) is 6.79. The van der Waals surface area contributed by atoms with Gasteiger partial charge in [0.15, 0.2) is 0 Å². The Balaban J connectivity index is 1.56. The molecule has 122 valence electrons. The van der Waals surface area contributed by atoms with Crippen molar-refractivity contribution in [1.29, 1.82) is 0 Å². The fraction of sp³-hybridized carbons (Fsp3) is 0.278. The van der Waals surface area contributed by atoms with Crippen molar-refractivity contribution in [3.63, 3.8) is 0 Å². The van der Waals surface area contributed by atoms with Gasteiger partial charge in [-0.2, -0.15) is 0 Å². The predicted molar refractivity (Wildman–Crippen MR) is 90.9 cm³/mol. The molecule has 3 nitrogen and oxygen atoms in total. The van der Waals surface area contributed by atoms with Gasteiger partial charge in [0.05, 0.1) is 0 Å². The Morgan fingerprint density at radius 1 is 0.957 bits per heavy atom. The molecule has 0 spiro atoms. The molecule has 2 N–H and O–H groups in total. The normalized spacial score (nSPS) is 10.5. The maximum atomic E-state index is 12.8. The Morgan fingerprint density at radius 3 is 2.30 bits per heavy atom. The van der Waals surface area contributed by atoms with Crippen LogP contribution in [0.15, 0.2) is 48.5 Å². The minimum atomic E-state index is -0.273. The molecule has 0 aliphatic rings. The molecule has 2 rings (SSSR count). The number of hydrogen-bond donors (Lipinski definition) is 2. The third-order valence-corrected chi connectivity index (χ3v) is 3.69. The highest BCUT2D eigenvalue weighted by Crippen LogP contribution is 2.09. The molecule has 0 unspecified atom stereocenters. The number of hydrogen-bond acceptors (Lipinski definition) is 2. The van der Waals surface area contributed by atoms with E-state index in [1.54, 1.807) is 12.1 Å². The minimum Gasteiger partial charge on any atom is -0.352 e. The van der Waals surface area contributed by atoms with Gasteiger partial charge in [-0.1, -0.05) is 35.9 Å². The van der Waals surface area contributed by atoms with Gasteiger partial charge < -0.3 is 10.6 Å². The van der Waals surface area contributed by atoms with Gasteiger partial charge in [0.2, 0.25) is 5.91 Å². The molecule has 2 aromatic carbocycles. The summed E-state index contributed by atoms with van der Waals surface area (Å²) in [7, 11) is 0. The molecular formula is C18H20ClFN2O. The van der Waals surface area contributed by atoms with Crippen molar-refractivity contribution in [2.45, 2.75) is 19.4 Å². The summed E-state index contributed by atoms with van der Waals surface area (Å²) in [6, 6.07) is 13.9. The monoisotopic (exact) mass is 334 g/mol. The average molecular weight is 335 g/mol. The number of benzene rings is 2. The number of carbonyl (C=O) groups is 1. The molecule has 0 saturated carbocycles. The largest absolute Gasteiger partial charge is 0.352 e. The number of rotatable bonds is 8. The smallest absolute Gasteiger partial charge is 0.221 e. The molecule has 23 heavy (non-hydrogen) atoms. The van der Waals surface area contributed by atoms with E-state index in [1.807, 2.05) is 24.3 Å². The quantitative estimate of drug-likeness (QED) is 0.727.